The lowest BCUT2D eigenvalue weighted by Gasteiger charge is -2.08. The summed E-state index contributed by atoms with van der Waals surface area (Å²) >= 11 is 11.7. The second-order valence-electron chi connectivity index (χ2n) is 4.33. The molecule has 4 nitrogen and oxygen atoms in total. The Morgan fingerprint density at radius 3 is 2.43 bits per heavy atom. The highest BCUT2D eigenvalue weighted by Gasteiger charge is 2.07. The number of nitrogens with one attached hydrogen (secondary N) is 1. The lowest BCUT2D eigenvalue weighted by Crippen LogP contribution is -2.16. The number of carbonyl (C=O) groups is 1. The minimum absolute atomic E-state index is 0.362. The molecule has 0 aliphatic carbocycles. The molecule has 21 heavy (non-hydrogen) atoms. The molecule has 0 spiro atoms. The van der Waals surface area contributed by atoms with Crippen molar-refractivity contribution >= 4 is 35.0 Å². The molecular weight excluding hydrogens is 311 g/mol. The van der Waals surface area contributed by atoms with Crippen LogP contribution in [-0.2, 0) is 6.42 Å². The average Bonchev–Trinajstić information content (AvgIpc) is 2.45. The molecule has 0 fully saturated rings. The Labute approximate surface area is 132 Å². The summed E-state index contributed by atoms with van der Waals surface area (Å²) in [5.74, 6) is 0.452. The van der Waals surface area contributed by atoms with Crippen LogP contribution in [0.5, 0.6) is 5.75 Å². The van der Waals surface area contributed by atoms with E-state index >= 15 is 0 Å². The number of halogens is 2. The van der Waals surface area contributed by atoms with E-state index in [1.807, 2.05) is 12.1 Å². The molecule has 110 valence electrons. The van der Waals surface area contributed by atoms with Crippen molar-refractivity contribution in [2.24, 2.45) is 5.73 Å². The van der Waals surface area contributed by atoms with Gasteiger partial charge in [0.1, 0.15) is 5.75 Å². The molecule has 1 amide bonds. The smallest absolute Gasteiger partial charge is 0.410 e. The second kappa shape index (κ2) is 7.31. The van der Waals surface area contributed by atoms with E-state index in [1.54, 1.807) is 30.3 Å². The average molecular weight is 325 g/mol. The third kappa shape index (κ3) is 4.63. The maximum absolute atomic E-state index is 11.8. The van der Waals surface area contributed by atoms with Crippen LogP contribution in [0.15, 0.2) is 42.5 Å². The van der Waals surface area contributed by atoms with Crippen LogP contribution in [-0.4, -0.2) is 12.6 Å². The lowest BCUT2D eigenvalue weighted by molar-refractivity contribution is 0.215. The Morgan fingerprint density at radius 1 is 1.10 bits per heavy atom. The van der Waals surface area contributed by atoms with E-state index < -0.39 is 6.09 Å². The summed E-state index contributed by atoms with van der Waals surface area (Å²) < 4.78 is 5.16. The summed E-state index contributed by atoms with van der Waals surface area (Å²) in [6, 6.07) is 12.0. The van der Waals surface area contributed by atoms with E-state index in [-0.39, 0.29) is 0 Å². The molecule has 0 unspecified atom stereocenters. The zero-order chi connectivity index (χ0) is 15.2. The van der Waals surface area contributed by atoms with Crippen LogP contribution in [0.3, 0.4) is 0 Å². The van der Waals surface area contributed by atoms with Crippen molar-refractivity contribution in [2.45, 2.75) is 6.42 Å². The van der Waals surface area contributed by atoms with Gasteiger partial charge in [-0.1, -0.05) is 35.3 Å². The fourth-order valence-corrected chi connectivity index (χ4v) is 2.01. The van der Waals surface area contributed by atoms with Crippen LogP contribution in [0.1, 0.15) is 5.56 Å². The van der Waals surface area contributed by atoms with Gasteiger partial charge in [0.2, 0.25) is 0 Å². The van der Waals surface area contributed by atoms with Crippen molar-refractivity contribution in [1.29, 1.82) is 0 Å². The number of hydrogen-bond donors (Lipinski definition) is 2. The molecule has 0 bridgehead atoms. The first-order valence-corrected chi connectivity index (χ1v) is 7.07. The minimum Gasteiger partial charge on any atom is -0.410 e. The van der Waals surface area contributed by atoms with Crippen LogP contribution >= 0.6 is 23.2 Å². The number of ether oxygens (including phenoxy) is 1. The molecule has 0 aliphatic heterocycles. The number of anilines is 1. The van der Waals surface area contributed by atoms with E-state index in [9.17, 15) is 4.79 Å². The Hall–Kier alpha value is -1.75. The molecule has 0 saturated heterocycles. The SMILES string of the molecule is NCCc1ccc(OC(=O)Nc2ccc(Cl)c(Cl)c2)cc1. The van der Waals surface area contributed by atoms with Crippen LogP contribution in [0.25, 0.3) is 0 Å². The predicted molar refractivity (Wildman–Crippen MR) is 85.3 cm³/mol. The van der Waals surface area contributed by atoms with Gasteiger partial charge in [0.15, 0.2) is 0 Å². The molecule has 0 heterocycles. The van der Waals surface area contributed by atoms with Gasteiger partial charge in [-0.2, -0.15) is 0 Å². The Kier molecular flexibility index (Phi) is 5.44. The molecule has 0 aromatic heterocycles. The highest BCUT2D eigenvalue weighted by Crippen LogP contribution is 2.25. The van der Waals surface area contributed by atoms with E-state index in [4.69, 9.17) is 33.7 Å². The summed E-state index contributed by atoms with van der Waals surface area (Å²) in [5.41, 5.74) is 7.07. The highest BCUT2D eigenvalue weighted by molar-refractivity contribution is 6.42. The van der Waals surface area contributed by atoms with E-state index in [2.05, 4.69) is 5.32 Å². The van der Waals surface area contributed by atoms with Crippen molar-refractivity contribution < 1.29 is 9.53 Å². The fourth-order valence-electron chi connectivity index (χ4n) is 1.72. The maximum Gasteiger partial charge on any atom is 0.417 e. The Balaban J connectivity index is 1.96. The van der Waals surface area contributed by atoms with Gasteiger partial charge >= 0.3 is 6.09 Å². The first-order valence-electron chi connectivity index (χ1n) is 6.31. The molecule has 3 N–H and O–H groups in total. The summed E-state index contributed by atoms with van der Waals surface area (Å²) in [4.78, 5) is 11.8. The first kappa shape index (κ1) is 15.6. The number of hydrogen-bond acceptors (Lipinski definition) is 3. The largest absolute Gasteiger partial charge is 0.417 e. The van der Waals surface area contributed by atoms with Gasteiger partial charge in [0.05, 0.1) is 10.0 Å². The summed E-state index contributed by atoms with van der Waals surface area (Å²) in [6.45, 7) is 0.581. The van der Waals surface area contributed by atoms with E-state index in [1.165, 1.54) is 0 Å². The van der Waals surface area contributed by atoms with Crippen molar-refractivity contribution in [3.63, 3.8) is 0 Å². The molecular formula is C15H14Cl2N2O2. The summed E-state index contributed by atoms with van der Waals surface area (Å²) in [5, 5.41) is 3.36. The van der Waals surface area contributed by atoms with Crippen LogP contribution in [0.4, 0.5) is 10.5 Å². The van der Waals surface area contributed by atoms with E-state index in [0.717, 1.165) is 12.0 Å². The second-order valence-corrected chi connectivity index (χ2v) is 5.14. The molecule has 6 heteroatoms. The molecule has 2 aromatic rings. The zero-order valence-electron chi connectivity index (χ0n) is 11.1. The maximum atomic E-state index is 11.8. The fraction of sp³-hybridized carbons (Fsp3) is 0.133. The van der Waals surface area contributed by atoms with Gasteiger partial charge in [-0.05, 0) is 48.9 Å². The van der Waals surface area contributed by atoms with Crippen molar-refractivity contribution in [3.05, 3.63) is 58.1 Å². The first-order chi connectivity index (χ1) is 10.1. The third-order valence-electron chi connectivity index (χ3n) is 2.73. The Morgan fingerprint density at radius 2 is 1.81 bits per heavy atom. The molecule has 2 aromatic carbocycles. The molecule has 0 atom stereocenters. The van der Waals surface area contributed by atoms with E-state index in [0.29, 0.717) is 28.0 Å². The van der Waals surface area contributed by atoms with Crippen LogP contribution in [0.2, 0.25) is 10.0 Å². The number of carbonyl (C=O) groups excluding carboxylic acids is 1. The highest BCUT2D eigenvalue weighted by atomic mass is 35.5. The van der Waals surface area contributed by atoms with Crippen LogP contribution < -0.4 is 15.8 Å². The zero-order valence-corrected chi connectivity index (χ0v) is 12.6. The summed E-state index contributed by atoms with van der Waals surface area (Å²) in [6.07, 6.45) is 0.190. The van der Waals surface area contributed by atoms with Crippen molar-refractivity contribution in [2.75, 3.05) is 11.9 Å². The quantitative estimate of drug-likeness (QED) is 0.889. The number of amides is 1. The topological polar surface area (TPSA) is 64.3 Å². The van der Waals surface area contributed by atoms with Crippen molar-refractivity contribution in [3.8, 4) is 5.75 Å². The van der Waals surface area contributed by atoms with Gasteiger partial charge in [-0.25, -0.2) is 4.79 Å². The Bertz CT molecular complexity index is 630. The molecule has 2 rings (SSSR count). The molecule has 0 saturated carbocycles. The number of nitrogens with two attached hydrogens (primary N) is 1. The predicted octanol–water partition coefficient (Wildman–Crippen LogP) is 4.11. The minimum atomic E-state index is -0.597. The monoisotopic (exact) mass is 324 g/mol. The lowest BCUT2D eigenvalue weighted by atomic mass is 10.1. The summed E-state index contributed by atoms with van der Waals surface area (Å²) in [7, 11) is 0. The van der Waals surface area contributed by atoms with Gasteiger partial charge in [0.25, 0.3) is 0 Å². The molecule has 0 aliphatic rings. The standard InChI is InChI=1S/C15H14Cl2N2O2/c16-13-6-3-11(9-14(13)17)19-15(20)21-12-4-1-10(2-5-12)7-8-18/h1-6,9H,7-8,18H2,(H,19,20). The number of rotatable bonds is 4. The molecule has 0 radical (unpaired) electrons. The normalized spacial score (nSPS) is 10.2. The van der Waals surface area contributed by atoms with Crippen molar-refractivity contribution in [1.82, 2.24) is 0 Å². The van der Waals surface area contributed by atoms with Gasteiger partial charge in [-0.3, -0.25) is 5.32 Å². The van der Waals surface area contributed by atoms with Crippen LogP contribution in [0, 0.1) is 0 Å². The van der Waals surface area contributed by atoms with Gasteiger partial charge < -0.3 is 10.5 Å². The van der Waals surface area contributed by atoms with Gasteiger partial charge in [-0.15, -0.1) is 0 Å². The third-order valence-corrected chi connectivity index (χ3v) is 3.47. The van der Waals surface area contributed by atoms with Gasteiger partial charge in [0, 0.05) is 5.69 Å². The number of benzene rings is 2.